The van der Waals surface area contributed by atoms with E-state index < -0.39 is 0 Å². The highest BCUT2D eigenvalue weighted by Crippen LogP contribution is 2.17. The van der Waals surface area contributed by atoms with Crippen LogP contribution in [0, 0.1) is 0 Å². The first-order chi connectivity index (χ1) is 12.8. The van der Waals surface area contributed by atoms with E-state index in [4.69, 9.17) is 4.74 Å². The molecule has 0 bridgehead atoms. The monoisotopic (exact) mass is 414 g/mol. The fourth-order valence-electron chi connectivity index (χ4n) is 2.87. The summed E-state index contributed by atoms with van der Waals surface area (Å²) in [4.78, 5) is 0. The molecule has 0 amide bonds. The van der Waals surface area contributed by atoms with Crippen molar-refractivity contribution in [2.24, 2.45) is 0 Å². The first kappa shape index (κ1) is 20.8. The van der Waals surface area contributed by atoms with Gasteiger partial charge in [0.05, 0.1) is 6.61 Å². The highest BCUT2D eigenvalue weighted by atomic mass is 79.9. The van der Waals surface area contributed by atoms with Crippen molar-refractivity contribution in [2.75, 3.05) is 6.61 Å². The molecule has 0 aromatic heterocycles. The van der Waals surface area contributed by atoms with Crippen LogP contribution >= 0.6 is 15.9 Å². The fourth-order valence-corrected chi connectivity index (χ4v) is 3.13. The van der Waals surface area contributed by atoms with Gasteiger partial charge in [0.25, 0.3) is 0 Å². The molecule has 26 heavy (non-hydrogen) atoms. The number of ether oxygens (including phenoxy) is 1. The molecule has 0 N–H and O–H groups in total. The molecule has 1 nitrogen and oxygen atoms in total. The summed E-state index contributed by atoms with van der Waals surface area (Å²) >= 11 is 3.46. The molecule has 0 aliphatic carbocycles. The second kappa shape index (κ2) is 12.8. The lowest BCUT2D eigenvalue weighted by molar-refractivity contribution is 0.304. The molecule has 0 unspecified atom stereocenters. The van der Waals surface area contributed by atoms with Crippen LogP contribution in [0.2, 0.25) is 0 Å². The Bertz CT molecular complexity index is 628. The van der Waals surface area contributed by atoms with E-state index >= 15 is 0 Å². The molecule has 0 heterocycles. The topological polar surface area (TPSA) is 9.23 Å². The van der Waals surface area contributed by atoms with Crippen LogP contribution < -0.4 is 4.74 Å². The van der Waals surface area contributed by atoms with Gasteiger partial charge in [0.15, 0.2) is 0 Å². The Labute approximate surface area is 167 Å². The normalized spacial score (nSPS) is 11.2. The predicted molar refractivity (Wildman–Crippen MR) is 118 cm³/mol. The van der Waals surface area contributed by atoms with Crippen LogP contribution in [0.1, 0.15) is 69.4 Å². The molecule has 2 rings (SSSR count). The van der Waals surface area contributed by atoms with Crippen LogP contribution in [-0.2, 0) is 0 Å². The Morgan fingerprint density at radius 2 is 1.19 bits per heavy atom. The highest BCUT2D eigenvalue weighted by molar-refractivity contribution is 9.10. The van der Waals surface area contributed by atoms with E-state index in [1.54, 1.807) is 0 Å². The van der Waals surface area contributed by atoms with Gasteiger partial charge in [-0.25, -0.2) is 0 Å². The quantitative estimate of drug-likeness (QED) is 0.251. The maximum atomic E-state index is 5.85. The largest absolute Gasteiger partial charge is 0.494 e. The Morgan fingerprint density at radius 1 is 0.692 bits per heavy atom. The minimum Gasteiger partial charge on any atom is -0.494 e. The van der Waals surface area contributed by atoms with Crippen molar-refractivity contribution < 1.29 is 4.74 Å². The van der Waals surface area contributed by atoms with Crippen LogP contribution in [0.5, 0.6) is 5.75 Å². The second-order valence-corrected chi connectivity index (χ2v) is 7.69. The Morgan fingerprint density at radius 3 is 1.77 bits per heavy atom. The summed E-state index contributed by atoms with van der Waals surface area (Å²) < 4.78 is 6.96. The molecule has 2 aromatic carbocycles. The van der Waals surface area contributed by atoms with Crippen molar-refractivity contribution >= 4 is 28.1 Å². The molecule has 0 saturated carbocycles. The van der Waals surface area contributed by atoms with Gasteiger partial charge in [0.2, 0.25) is 0 Å². The molecule has 2 heteroatoms. The van der Waals surface area contributed by atoms with Crippen LogP contribution in [0.4, 0.5) is 0 Å². The van der Waals surface area contributed by atoms with Gasteiger partial charge in [-0.05, 0) is 41.8 Å². The zero-order chi connectivity index (χ0) is 18.5. The highest BCUT2D eigenvalue weighted by Gasteiger charge is 1.96. The van der Waals surface area contributed by atoms with Crippen molar-refractivity contribution in [3.63, 3.8) is 0 Å². The minimum absolute atomic E-state index is 0.822. The lowest BCUT2D eigenvalue weighted by Gasteiger charge is -2.06. The van der Waals surface area contributed by atoms with Gasteiger partial charge in [-0.1, -0.05) is 104 Å². The number of hydrogen-bond donors (Lipinski definition) is 0. The summed E-state index contributed by atoms with van der Waals surface area (Å²) in [5.74, 6) is 0.966. The summed E-state index contributed by atoms with van der Waals surface area (Å²) in [6, 6.07) is 16.7. The van der Waals surface area contributed by atoms with E-state index in [0.717, 1.165) is 23.2 Å². The molecule has 0 fully saturated rings. The van der Waals surface area contributed by atoms with Crippen LogP contribution in [0.25, 0.3) is 12.2 Å². The first-order valence-corrected chi connectivity index (χ1v) is 10.7. The van der Waals surface area contributed by atoms with E-state index in [9.17, 15) is 0 Å². The third kappa shape index (κ3) is 8.71. The van der Waals surface area contributed by atoms with Gasteiger partial charge in [-0.15, -0.1) is 0 Å². The minimum atomic E-state index is 0.822. The van der Waals surface area contributed by atoms with Crippen molar-refractivity contribution in [3.05, 3.63) is 64.1 Å². The molecule has 0 spiro atoms. The summed E-state index contributed by atoms with van der Waals surface area (Å²) in [6.45, 7) is 3.09. The molecular weight excluding hydrogens is 384 g/mol. The van der Waals surface area contributed by atoms with E-state index in [1.807, 2.05) is 0 Å². The predicted octanol–water partition coefficient (Wildman–Crippen LogP) is 8.14. The van der Waals surface area contributed by atoms with Gasteiger partial charge >= 0.3 is 0 Å². The summed E-state index contributed by atoms with van der Waals surface area (Å²) in [5, 5.41) is 0. The van der Waals surface area contributed by atoms with Gasteiger partial charge in [-0.3, -0.25) is 0 Å². The van der Waals surface area contributed by atoms with Gasteiger partial charge < -0.3 is 4.74 Å². The van der Waals surface area contributed by atoms with Gasteiger partial charge in [0, 0.05) is 4.47 Å². The SMILES string of the molecule is CCCCCCCCCCOc1ccc(C=Cc2ccc(Br)cc2)cc1. The van der Waals surface area contributed by atoms with Crippen molar-refractivity contribution in [3.8, 4) is 5.75 Å². The first-order valence-electron chi connectivity index (χ1n) is 9.94. The van der Waals surface area contributed by atoms with E-state index in [0.29, 0.717) is 0 Å². The molecule has 2 aromatic rings. The Balaban J connectivity index is 1.62. The van der Waals surface area contributed by atoms with E-state index in [1.165, 1.54) is 56.1 Å². The smallest absolute Gasteiger partial charge is 0.119 e. The number of rotatable bonds is 12. The van der Waals surface area contributed by atoms with Gasteiger partial charge in [-0.2, -0.15) is 0 Å². The fraction of sp³-hybridized carbons (Fsp3) is 0.417. The van der Waals surface area contributed by atoms with Gasteiger partial charge in [0.1, 0.15) is 5.75 Å². The Hall–Kier alpha value is -1.54. The molecule has 140 valence electrons. The molecule has 0 aliphatic rings. The Kier molecular flexibility index (Phi) is 10.2. The molecular formula is C24H31BrO. The summed E-state index contributed by atoms with van der Waals surface area (Å²) in [7, 11) is 0. The summed E-state index contributed by atoms with van der Waals surface area (Å²) in [5.41, 5.74) is 2.38. The number of benzene rings is 2. The average molecular weight is 415 g/mol. The van der Waals surface area contributed by atoms with Crippen LogP contribution in [0.3, 0.4) is 0 Å². The lowest BCUT2D eigenvalue weighted by Crippen LogP contribution is -1.97. The lowest BCUT2D eigenvalue weighted by atomic mass is 10.1. The number of hydrogen-bond acceptors (Lipinski definition) is 1. The zero-order valence-corrected chi connectivity index (χ0v) is 17.5. The van der Waals surface area contributed by atoms with Crippen LogP contribution in [0.15, 0.2) is 53.0 Å². The third-order valence-corrected chi connectivity index (χ3v) is 5.01. The molecule has 0 atom stereocenters. The van der Waals surface area contributed by atoms with Crippen LogP contribution in [-0.4, -0.2) is 6.61 Å². The average Bonchev–Trinajstić information content (AvgIpc) is 2.67. The van der Waals surface area contributed by atoms with Crippen molar-refractivity contribution in [2.45, 2.75) is 58.3 Å². The maximum Gasteiger partial charge on any atom is 0.119 e. The third-order valence-electron chi connectivity index (χ3n) is 4.48. The number of unbranched alkanes of at least 4 members (excludes halogenated alkanes) is 7. The zero-order valence-electron chi connectivity index (χ0n) is 15.9. The van der Waals surface area contributed by atoms with Crippen molar-refractivity contribution in [1.82, 2.24) is 0 Å². The molecule has 0 saturated heterocycles. The number of halogens is 1. The maximum absolute atomic E-state index is 5.85. The molecule has 0 radical (unpaired) electrons. The standard InChI is InChI=1S/C24H31BrO/c1-2-3-4-5-6-7-8-9-20-26-24-18-14-22(15-19-24)11-10-21-12-16-23(25)17-13-21/h10-19H,2-9,20H2,1H3. The molecule has 0 aliphatic heterocycles. The van der Waals surface area contributed by atoms with E-state index in [2.05, 4.69) is 83.5 Å². The summed E-state index contributed by atoms with van der Waals surface area (Å²) in [6.07, 6.45) is 14.9. The second-order valence-electron chi connectivity index (χ2n) is 6.78. The van der Waals surface area contributed by atoms with E-state index in [-0.39, 0.29) is 0 Å². The van der Waals surface area contributed by atoms with Crippen molar-refractivity contribution in [1.29, 1.82) is 0 Å².